The number of hydrogen-bond donors (Lipinski definition) is 6. The van der Waals surface area contributed by atoms with Crippen LogP contribution < -0.4 is 10.4 Å². The summed E-state index contributed by atoms with van der Waals surface area (Å²) in [6.45, 7) is 13.1. The molecule has 9 aromatic carbocycles. The van der Waals surface area contributed by atoms with Crippen molar-refractivity contribution in [3.8, 4) is 45.6 Å². The van der Waals surface area contributed by atoms with Crippen molar-refractivity contribution in [2.24, 2.45) is 0 Å². The van der Waals surface area contributed by atoms with Crippen molar-refractivity contribution in [3.05, 3.63) is 214 Å². The summed E-state index contributed by atoms with van der Waals surface area (Å²) in [6, 6.07) is 48.1. The van der Waals surface area contributed by atoms with Gasteiger partial charge in [-0.15, -0.1) is 0 Å². The first-order valence-electron chi connectivity index (χ1n) is 20.9. The van der Waals surface area contributed by atoms with Crippen molar-refractivity contribution in [1.82, 2.24) is 0 Å². The molecule has 0 heterocycles. The number of aromatic hydroxyl groups is 6. The third-order valence-corrected chi connectivity index (χ3v) is 12.4. The Kier molecular flexibility index (Phi) is 10.4. The van der Waals surface area contributed by atoms with Crippen molar-refractivity contribution in [1.29, 1.82) is 0 Å². The Morgan fingerprint density at radius 1 is 0.476 bits per heavy atom. The van der Waals surface area contributed by atoms with Gasteiger partial charge < -0.3 is 30.6 Å². The van der Waals surface area contributed by atoms with E-state index in [4.69, 9.17) is 0 Å². The molecule has 1 unspecified atom stereocenters. The number of aryl methyl sites for hydroxylation is 1. The van der Waals surface area contributed by atoms with Crippen LogP contribution in [0.3, 0.4) is 0 Å². The number of fused-ring (bicyclic) bond motifs is 3. The van der Waals surface area contributed by atoms with E-state index in [0.29, 0.717) is 23.1 Å². The first kappa shape index (κ1) is 40.4. The van der Waals surface area contributed by atoms with Gasteiger partial charge in [0.15, 0.2) is 0 Å². The monoisotopic (exact) mass is 826 g/mol. The van der Waals surface area contributed by atoms with Crippen LogP contribution in [0.2, 0.25) is 0 Å². The molecule has 9 rings (SSSR count). The highest BCUT2D eigenvalue weighted by atomic mass is 16.3. The fourth-order valence-electron chi connectivity index (χ4n) is 9.32. The number of phenols is 6. The highest BCUT2D eigenvalue weighted by molar-refractivity contribution is 5.95. The standard InChI is InChI=1S/C57H46O6/c1-5-33(3)52(45-21-6-32(2)28-34(45)4)53(55-46-22-18-42(58)29-39(46)15-25-49(55)61)37-11-7-35(8-12-37)36-9-13-38(14-10-36)54(56-47-23-19-43(59)30-40(47)16-26-50(56)62)57-48-24-20-44(60)31-41(48)17-27-51(57)63/h6-31,53-54,58-63H,3-5H2,1-2H3/b52-45+. The zero-order valence-electron chi connectivity index (χ0n) is 35.0. The van der Waals surface area contributed by atoms with Crippen molar-refractivity contribution in [2.45, 2.75) is 32.1 Å². The minimum absolute atomic E-state index is 0.0372. The van der Waals surface area contributed by atoms with Gasteiger partial charge in [-0.3, -0.25) is 0 Å². The molecule has 0 aliphatic heterocycles. The maximum absolute atomic E-state index is 11.7. The van der Waals surface area contributed by atoms with Crippen LogP contribution in [-0.2, 0) is 0 Å². The molecule has 0 saturated carbocycles. The minimum atomic E-state index is -0.653. The first-order chi connectivity index (χ1) is 30.4. The van der Waals surface area contributed by atoms with Crippen LogP contribution in [0.25, 0.3) is 55.6 Å². The van der Waals surface area contributed by atoms with Crippen LogP contribution >= 0.6 is 0 Å². The van der Waals surface area contributed by atoms with E-state index in [1.807, 2.05) is 43.3 Å². The number of phenolic OH excluding ortho intramolecular Hbond substituents is 6. The molecule has 63 heavy (non-hydrogen) atoms. The lowest BCUT2D eigenvalue weighted by atomic mass is 9.77. The SMILES string of the molecule is C=C(CC)/C(=c1/ccc(C)cc1=C)C(c1ccc(-c2ccc(C(c3c(O)ccc4cc(O)ccc34)c3c(O)ccc4cc(O)ccc34)cc2)cc1)c1c(O)ccc2cc(O)ccc12. The lowest BCUT2D eigenvalue weighted by Gasteiger charge is -2.26. The van der Waals surface area contributed by atoms with Crippen molar-refractivity contribution >= 4 is 44.5 Å². The largest absolute Gasteiger partial charge is 0.508 e. The van der Waals surface area contributed by atoms with Crippen LogP contribution in [0.15, 0.2) is 170 Å². The van der Waals surface area contributed by atoms with E-state index in [9.17, 15) is 30.6 Å². The average molecular weight is 827 g/mol. The molecular weight excluding hydrogens is 781 g/mol. The number of rotatable bonds is 9. The van der Waals surface area contributed by atoms with Gasteiger partial charge in [-0.2, -0.15) is 0 Å². The second-order valence-electron chi connectivity index (χ2n) is 16.4. The molecule has 0 saturated heterocycles. The van der Waals surface area contributed by atoms with E-state index < -0.39 is 11.8 Å². The third-order valence-electron chi connectivity index (χ3n) is 12.4. The molecule has 0 fully saturated rings. The molecule has 0 aliphatic carbocycles. The molecule has 0 aliphatic rings. The quantitative estimate of drug-likeness (QED) is 0.0806. The molecule has 0 bridgehead atoms. The Hall–Kier alpha value is -7.96. The van der Waals surface area contributed by atoms with Gasteiger partial charge >= 0.3 is 0 Å². The van der Waals surface area contributed by atoms with Crippen LogP contribution in [0.5, 0.6) is 34.5 Å². The van der Waals surface area contributed by atoms with E-state index in [1.54, 1.807) is 78.9 Å². The van der Waals surface area contributed by atoms with Crippen LogP contribution in [0, 0.1) is 6.92 Å². The van der Waals surface area contributed by atoms with E-state index >= 15 is 0 Å². The van der Waals surface area contributed by atoms with Crippen LogP contribution in [0.4, 0.5) is 0 Å². The lowest BCUT2D eigenvalue weighted by molar-refractivity contribution is 0.460. The Labute approximate surface area is 365 Å². The maximum Gasteiger partial charge on any atom is 0.120 e. The zero-order chi connectivity index (χ0) is 44.1. The zero-order valence-corrected chi connectivity index (χ0v) is 35.0. The van der Waals surface area contributed by atoms with Gasteiger partial charge in [0.05, 0.1) is 0 Å². The van der Waals surface area contributed by atoms with Crippen LogP contribution in [-0.4, -0.2) is 30.6 Å². The lowest BCUT2D eigenvalue weighted by Crippen LogP contribution is -2.29. The number of benzene rings is 9. The summed E-state index contributed by atoms with van der Waals surface area (Å²) in [7, 11) is 0. The third kappa shape index (κ3) is 7.36. The van der Waals surface area contributed by atoms with Gasteiger partial charge in [0.1, 0.15) is 34.5 Å². The summed E-state index contributed by atoms with van der Waals surface area (Å²) < 4.78 is 0. The number of hydrogen-bond acceptors (Lipinski definition) is 6. The topological polar surface area (TPSA) is 121 Å². The predicted octanol–water partition coefficient (Wildman–Crippen LogP) is 11.9. The molecule has 0 aromatic heterocycles. The fourth-order valence-corrected chi connectivity index (χ4v) is 9.32. The highest BCUT2D eigenvalue weighted by Crippen LogP contribution is 2.48. The summed E-state index contributed by atoms with van der Waals surface area (Å²) in [5.74, 6) is -0.555. The minimum Gasteiger partial charge on any atom is -0.508 e. The molecule has 1 atom stereocenters. The smallest absolute Gasteiger partial charge is 0.120 e. The normalized spacial score (nSPS) is 12.6. The molecule has 6 N–H and O–H groups in total. The number of allylic oxidation sites excluding steroid dienone is 1. The summed E-state index contributed by atoms with van der Waals surface area (Å²) >= 11 is 0. The van der Waals surface area contributed by atoms with Crippen molar-refractivity contribution in [3.63, 3.8) is 0 Å². The Morgan fingerprint density at radius 3 is 1.35 bits per heavy atom. The Morgan fingerprint density at radius 2 is 0.905 bits per heavy atom. The summed E-state index contributed by atoms with van der Waals surface area (Å²) in [5, 5.41) is 72.4. The molecule has 0 spiro atoms. The molecule has 310 valence electrons. The van der Waals surface area contributed by atoms with Gasteiger partial charge in [-0.25, -0.2) is 0 Å². The van der Waals surface area contributed by atoms with E-state index in [0.717, 1.165) is 81.7 Å². The van der Waals surface area contributed by atoms with Gasteiger partial charge in [0.2, 0.25) is 0 Å². The highest BCUT2D eigenvalue weighted by Gasteiger charge is 2.29. The van der Waals surface area contributed by atoms with E-state index in [1.165, 1.54) is 0 Å². The summed E-state index contributed by atoms with van der Waals surface area (Å²) in [5.41, 5.74) is 8.43. The Balaban J connectivity index is 1.20. The van der Waals surface area contributed by atoms with Gasteiger partial charge in [-0.1, -0.05) is 134 Å². The van der Waals surface area contributed by atoms with Crippen molar-refractivity contribution < 1.29 is 30.6 Å². The van der Waals surface area contributed by atoms with E-state index in [-0.39, 0.29) is 34.5 Å². The molecular formula is C57H46O6. The van der Waals surface area contributed by atoms with Gasteiger partial charge in [0, 0.05) is 28.5 Å². The summed E-state index contributed by atoms with van der Waals surface area (Å²) in [6.07, 6.45) is 0.676. The molecule has 6 heteroatoms. The van der Waals surface area contributed by atoms with Gasteiger partial charge in [0.25, 0.3) is 0 Å². The molecule has 6 nitrogen and oxygen atoms in total. The first-order valence-corrected chi connectivity index (χ1v) is 20.9. The second-order valence-corrected chi connectivity index (χ2v) is 16.4. The maximum atomic E-state index is 11.7. The predicted molar refractivity (Wildman–Crippen MR) is 255 cm³/mol. The van der Waals surface area contributed by atoms with Gasteiger partial charge in [-0.05, 0) is 139 Å². The fraction of sp³-hybridized carbons (Fsp3) is 0.0877. The molecule has 0 radical (unpaired) electrons. The average Bonchev–Trinajstić information content (AvgIpc) is 3.28. The molecule has 0 amide bonds. The van der Waals surface area contributed by atoms with E-state index in [2.05, 4.69) is 62.5 Å². The van der Waals surface area contributed by atoms with Crippen LogP contribution in [0.1, 0.15) is 58.6 Å². The second kappa shape index (κ2) is 16.1. The molecule has 9 aromatic rings. The van der Waals surface area contributed by atoms with Crippen molar-refractivity contribution in [2.75, 3.05) is 0 Å². The Bertz CT molecular complexity index is 3290. The summed E-state index contributed by atoms with van der Waals surface area (Å²) in [4.78, 5) is 0.